The number of hydrogen-bond acceptors (Lipinski definition) is 5. The number of nitrogens with two attached hydrogens (primary N) is 1. The normalized spacial score (nSPS) is 13.6. The summed E-state index contributed by atoms with van der Waals surface area (Å²) in [6.07, 6.45) is -4.51. The second-order valence-electron chi connectivity index (χ2n) is 8.62. The van der Waals surface area contributed by atoms with Gasteiger partial charge in [-0.1, -0.05) is 66.2 Å². The molecule has 204 valence electrons. The molecule has 3 rings (SSSR count). The van der Waals surface area contributed by atoms with E-state index in [4.69, 9.17) is 31.9 Å². The van der Waals surface area contributed by atoms with E-state index in [1.165, 1.54) is 0 Å². The van der Waals surface area contributed by atoms with Gasteiger partial charge in [0, 0.05) is 12.5 Å². The van der Waals surface area contributed by atoms with Gasteiger partial charge >= 0.3 is 14.0 Å². The van der Waals surface area contributed by atoms with Crippen molar-refractivity contribution in [3.8, 4) is 16.9 Å². The van der Waals surface area contributed by atoms with Crippen molar-refractivity contribution < 1.29 is 41.6 Å². The average Bonchev–Trinajstić information content (AvgIpc) is 2.84. The zero-order valence-electron chi connectivity index (χ0n) is 20.0. The minimum Gasteiger partial charge on any atom is -0.493 e. The van der Waals surface area contributed by atoms with Crippen molar-refractivity contribution in [1.82, 2.24) is 0 Å². The van der Waals surface area contributed by atoms with Crippen molar-refractivity contribution in [2.45, 2.75) is 25.1 Å². The summed E-state index contributed by atoms with van der Waals surface area (Å²) < 4.78 is 61.9. The predicted octanol–water partition coefficient (Wildman–Crippen LogP) is 5.41. The minimum absolute atomic E-state index is 0.0730. The van der Waals surface area contributed by atoms with Gasteiger partial charge in [0.05, 0.1) is 29.5 Å². The van der Waals surface area contributed by atoms with E-state index >= 15 is 0 Å². The van der Waals surface area contributed by atoms with Crippen LogP contribution in [0.25, 0.3) is 11.1 Å². The number of phosphoric acid groups is 1. The number of rotatable bonds is 10. The molecule has 1 atom stereocenters. The van der Waals surface area contributed by atoms with E-state index in [1.807, 2.05) is 54.6 Å². The summed E-state index contributed by atoms with van der Waals surface area (Å²) in [6.45, 7) is 0.108. The highest BCUT2D eigenvalue weighted by Gasteiger charge is 2.37. The Kier molecular flexibility index (Phi) is 9.25. The van der Waals surface area contributed by atoms with E-state index in [0.717, 1.165) is 29.7 Å². The van der Waals surface area contributed by atoms with Crippen LogP contribution in [0.15, 0.2) is 66.7 Å². The molecule has 0 aliphatic carbocycles. The predicted molar refractivity (Wildman–Crippen MR) is 137 cm³/mol. The topological polar surface area (TPSA) is 131 Å². The highest BCUT2D eigenvalue weighted by molar-refractivity contribution is 7.46. The van der Waals surface area contributed by atoms with Crippen LogP contribution in [-0.4, -0.2) is 34.4 Å². The van der Waals surface area contributed by atoms with Gasteiger partial charge in [-0.3, -0.25) is 9.32 Å². The van der Waals surface area contributed by atoms with Gasteiger partial charge in [0.25, 0.3) is 0 Å². The fourth-order valence-corrected chi connectivity index (χ4v) is 3.95. The molecule has 3 aromatic carbocycles. The summed E-state index contributed by atoms with van der Waals surface area (Å²) in [5, 5.41) is 1.88. The molecule has 0 fully saturated rings. The zero-order valence-corrected chi connectivity index (χ0v) is 21.7. The Balaban J connectivity index is 1.71. The smallest absolute Gasteiger partial charge is 0.469 e. The van der Waals surface area contributed by atoms with Crippen LogP contribution in [0.2, 0.25) is 5.02 Å². The molecule has 38 heavy (non-hydrogen) atoms. The third kappa shape index (κ3) is 8.29. The summed E-state index contributed by atoms with van der Waals surface area (Å²) in [7, 11) is -4.93. The van der Waals surface area contributed by atoms with E-state index in [2.05, 4.69) is 9.84 Å². The minimum atomic E-state index is -4.93. The first-order valence-electron chi connectivity index (χ1n) is 11.1. The lowest BCUT2D eigenvalue weighted by Crippen LogP contribution is -2.52. The molecule has 0 saturated heterocycles. The number of nitrogens with one attached hydrogen (secondary N) is 1. The Morgan fingerprint density at radius 1 is 1.05 bits per heavy atom. The van der Waals surface area contributed by atoms with Crippen molar-refractivity contribution in [2.24, 2.45) is 5.73 Å². The van der Waals surface area contributed by atoms with Crippen LogP contribution < -0.4 is 15.8 Å². The molecule has 0 radical (unpaired) electrons. The number of phosphoric ester groups is 1. The molecule has 3 aromatic rings. The number of carbonyl (C=O) groups excluding carboxylic acids is 1. The summed E-state index contributed by atoms with van der Waals surface area (Å²) in [5.74, 6) is -1.60. The molecule has 0 aliphatic rings. The van der Waals surface area contributed by atoms with Gasteiger partial charge in [-0.25, -0.2) is 4.57 Å². The number of halogens is 4. The molecule has 0 aromatic heterocycles. The lowest BCUT2D eigenvalue weighted by molar-refractivity contribution is -0.139. The fraction of sp³-hybridized carbons (Fsp3) is 0.240. The molecular weight excluding hydrogens is 548 g/mol. The number of benzene rings is 3. The molecule has 0 saturated carbocycles. The maximum Gasteiger partial charge on any atom is 0.469 e. The first-order chi connectivity index (χ1) is 17.7. The van der Waals surface area contributed by atoms with E-state index < -0.39 is 49.1 Å². The zero-order chi connectivity index (χ0) is 28.1. The Bertz CT molecular complexity index is 1320. The number of alkyl halides is 3. The van der Waals surface area contributed by atoms with Crippen LogP contribution in [0.5, 0.6) is 5.75 Å². The van der Waals surface area contributed by atoms with E-state index in [0.29, 0.717) is 12.5 Å². The maximum atomic E-state index is 13.8. The van der Waals surface area contributed by atoms with Crippen molar-refractivity contribution in [1.29, 1.82) is 0 Å². The molecule has 1 amide bonds. The number of anilines is 1. The largest absolute Gasteiger partial charge is 0.493 e. The molecule has 0 spiro atoms. The van der Waals surface area contributed by atoms with Crippen LogP contribution in [0, 0.1) is 0 Å². The third-order valence-corrected chi connectivity index (χ3v) is 6.16. The second-order valence-corrected chi connectivity index (χ2v) is 10.3. The van der Waals surface area contributed by atoms with Crippen LogP contribution >= 0.6 is 19.4 Å². The SMILES string of the molecule is C[C@](N)(COP(=O)(O)O)C(=O)Nc1cc(C(F)(F)F)c(OCCc2ccc(-c3ccccc3)cc2)cc1Cl. The monoisotopic (exact) mass is 572 g/mol. The molecule has 0 heterocycles. The maximum absolute atomic E-state index is 13.8. The second kappa shape index (κ2) is 11.9. The Labute approximate surface area is 221 Å². The highest BCUT2D eigenvalue weighted by Crippen LogP contribution is 2.41. The van der Waals surface area contributed by atoms with Crippen LogP contribution in [-0.2, 0) is 26.5 Å². The third-order valence-electron chi connectivity index (χ3n) is 5.38. The lowest BCUT2D eigenvalue weighted by Gasteiger charge is -2.24. The summed E-state index contributed by atoms with van der Waals surface area (Å²) >= 11 is 6.11. The van der Waals surface area contributed by atoms with E-state index in [1.54, 1.807) is 0 Å². The molecule has 0 unspecified atom stereocenters. The van der Waals surface area contributed by atoms with Crippen LogP contribution in [0.3, 0.4) is 0 Å². The number of hydrogen-bond donors (Lipinski definition) is 4. The Morgan fingerprint density at radius 2 is 1.66 bits per heavy atom. The first kappa shape index (κ1) is 29.6. The number of ether oxygens (including phenoxy) is 1. The van der Waals surface area contributed by atoms with E-state index in [-0.39, 0.29) is 11.6 Å². The highest BCUT2D eigenvalue weighted by atomic mass is 35.5. The standard InChI is InChI=1S/C25H25ClF3N2O6P/c1-24(30,15-37-38(33,34)35)23(32)31-21-13-19(25(27,28)29)22(14-20(21)26)36-12-11-16-7-9-18(10-8-16)17-5-3-2-4-6-17/h2-10,13-14H,11-12,15,30H2,1H3,(H,31,32)(H2,33,34,35)/t24-/m0/s1. The molecular formula is C25H25ClF3N2O6P. The fourth-order valence-electron chi connectivity index (χ4n) is 3.31. The quantitative estimate of drug-likeness (QED) is 0.239. The Hall–Kier alpha value is -2.92. The average molecular weight is 573 g/mol. The van der Waals surface area contributed by atoms with Gasteiger partial charge in [0.15, 0.2) is 0 Å². The molecule has 0 bridgehead atoms. The van der Waals surface area contributed by atoms with Gasteiger partial charge in [-0.05, 0) is 29.7 Å². The van der Waals surface area contributed by atoms with Gasteiger partial charge in [0.2, 0.25) is 5.91 Å². The van der Waals surface area contributed by atoms with Crippen LogP contribution in [0.1, 0.15) is 18.1 Å². The van der Waals surface area contributed by atoms with Gasteiger partial charge in [-0.15, -0.1) is 0 Å². The van der Waals surface area contributed by atoms with Crippen molar-refractivity contribution >= 4 is 31.0 Å². The molecule has 0 aliphatic heterocycles. The summed E-state index contributed by atoms with van der Waals surface area (Å²) in [5.41, 5.74) is 5.02. The number of carbonyl (C=O) groups is 1. The van der Waals surface area contributed by atoms with Crippen molar-refractivity contribution in [2.75, 3.05) is 18.5 Å². The van der Waals surface area contributed by atoms with Crippen molar-refractivity contribution in [3.63, 3.8) is 0 Å². The van der Waals surface area contributed by atoms with Crippen molar-refractivity contribution in [3.05, 3.63) is 82.9 Å². The lowest BCUT2D eigenvalue weighted by atomic mass is 10.0. The van der Waals surface area contributed by atoms with Gasteiger partial charge in [0.1, 0.15) is 11.3 Å². The molecule has 5 N–H and O–H groups in total. The molecule has 13 heteroatoms. The molecule has 8 nitrogen and oxygen atoms in total. The summed E-state index contributed by atoms with van der Waals surface area (Å²) in [6, 6.07) is 18.8. The van der Waals surface area contributed by atoms with Crippen LogP contribution in [0.4, 0.5) is 18.9 Å². The first-order valence-corrected chi connectivity index (χ1v) is 13.0. The van der Waals surface area contributed by atoms with Gasteiger partial charge < -0.3 is 25.6 Å². The Morgan fingerprint density at radius 3 is 2.24 bits per heavy atom. The van der Waals surface area contributed by atoms with Gasteiger partial charge in [-0.2, -0.15) is 13.2 Å². The van der Waals surface area contributed by atoms with E-state index in [9.17, 15) is 22.5 Å². The summed E-state index contributed by atoms with van der Waals surface area (Å²) in [4.78, 5) is 30.0. The number of amides is 1.